The quantitative estimate of drug-likeness (QED) is 0.488. The van der Waals surface area contributed by atoms with Gasteiger partial charge in [0.1, 0.15) is 6.17 Å². The topological polar surface area (TPSA) is 41.3 Å². The number of nitrogens with two attached hydrogens (primary N) is 1. The maximum absolute atomic E-state index is 5.90. The maximum atomic E-state index is 5.90. The predicted octanol–water partition coefficient (Wildman–Crippen LogP) is 3.30. The number of hydrogen-bond donors (Lipinski definition) is 2. The van der Waals surface area contributed by atoms with E-state index in [1.807, 2.05) is 19.3 Å². The van der Waals surface area contributed by atoms with E-state index in [1.54, 1.807) is 0 Å². The summed E-state index contributed by atoms with van der Waals surface area (Å²) in [7, 11) is 0. The Morgan fingerprint density at radius 2 is 2.06 bits per heavy atom. The molecule has 2 atom stereocenters. The van der Waals surface area contributed by atoms with Crippen molar-refractivity contribution in [1.29, 1.82) is 0 Å². The average Bonchev–Trinajstić information content (AvgIpc) is 2.81. The van der Waals surface area contributed by atoms with Crippen LogP contribution in [0.15, 0.2) is 24.6 Å². The van der Waals surface area contributed by atoms with Crippen molar-refractivity contribution in [3.8, 4) is 0 Å². The molecule has 3 heteroatoms. The van der Waals surface area contributed by atoms with E-state index in [4.69, 9.17) is 5.73 Å². The molecule has 1 aliphatic rings. The molecule has 1 aliphatic heterocycles. The fourth-order valence-corrected chi connectivity index (χ4v) is 2.25. The van der Waals surface area contributed by atoms with E-state index in [9.17, 15) is 0 Å². The highest BCUT2D eigenvalue weighted by Gasteiger charge is 2.19. The molecule has 104 valence electrons. The number of nitrogens with one attached hydrogen (secondary N) is 1. The van der Waals surface area contributed by atoms with E-state index in [0.717, 1.165) is 6.42 Å². The van der Waals surface area contributed by atoms with Crippen LogP contribution in [0.2, 0.25) is 0 Å². The lowest BCUT2D eigenvalue weighted by molar-refractivity contribution is 0.223. The van der Waals surface area contributed by atoms with Crippen molar-refractivity contribution in [3.05, 3.63) is 24.6 Å². The molecule has 2 unspecified atom stereocenters. The second-order valence-electron chi connectivity index (χ2n) is 5.10. The Balaban J connectivity index is 2.06. The molecule has 3 N–H and O–H groups in total. The zero-order chi connectivity index (χ0) is 13.2. The molecule has 18 heavy (non-hydrogen) atoms. The summed E-state index contributed by atoms with van der Waals surface area (Å²) < 4.78 is 0. The van der Waals surface area contributed by atoms with Gasteiger partial charge in [0.25, 0.3) is 0 Å². The Hall–Kier alpha value is -0.960. The third-order valence-corrected chi connectivity index (χ3v) is 3.37. The first-order valence-corrected chi connectivity index (χ1v) is 7.36. The number of nitrogens with zero attached hydrogens (tertiary/aromatic N) is 1. The highest BCUT2D eigenvalue weighted by molar-refractivity contribution is 4.99. The molecule has 0 saturated heterocycles. The van der Waals surface area contributed by atoms with E-state index >= 15 is 0 Å². The number of hydrogen-bond acceptors (Lipinski definition) is 3. The molecular weight excluding hydrogens is 222 g/mol. The van der Waals surface area contributed by atoms with Crippen molar-refractivity contribution in [2.45, 2.75) is 71.1 Å². The lowest BCUT2D eigenvalue weighted by Gasteiger charge is -2.28. The molecular formula is C15H29N3. The van der Waals surface area contributed by atoms with Crippen molar-refractivity contribution in [1.82, 2.24) is 10.2 Å². The molecule has 0 spiro atoms. The van der Waals surface area contributed by atoms with Gasteiger partial charge in [0.15, 0.2) is 0 Å². The van der Waals surface area contributed by atoms with Gasteiger partial charge in [-0.15, -0.1) is 0 Å². The third kappa shape index (κ3) is 5.58. The molecule has 0 radical (unpaired) electrons. The van der Waals surface area contributed by atoms with Gasteiger partial charge in [0.05, 0.1) is 6.17 Å². The molecule has 0 saturated carbocycles. The Bertz CT molecular complexity index is 258. The zero-order valence-electron chi connectivity index (χ0n) is 11.9. The normalized spacial score (nSPS) is 20.6. The summed E-state index contributed by atoms with van der Waals surface area (Å²) in [6.07, 6.45) is 18.0. The summed E-state index contributed by atoms with van der Waals surface area (Å²) in [5.74, 6) is 0. The summed E-state index contributed by atoms with van der Waals surface area (Å²) in [6.45, 7) is 4.27. The van der Waals surface area contributed by atoms with Gasteiger partial charge in [-0.1, -0.05) is 44.8 Å². The second kappa shape index (κ2) is 9.03. The lowest BCUT2D eigenvalue weighted by atomic mass is 10.1. The fraction of sp³-hybridized carbons (Fsp3) is 0.733. The van der Waals surface area contributed by atoms with E-state index in [-0.39, 0.29) is 6.17 Å². The average molecular weight is 251 g/mol. The van der Waals surface area contributed by atoms with Gasteiger partial charge in [-0.05, 0) is 19.8 Å². The molecule has 1 heterocycles. The van der Waals surface area contributed by atoms with Crippen LogP contribution in [0.3, 0.4) is 0 Å². The third-order valence-electron chi connectivity index (χ3n) is 3.37. The molecule has 1 rings (SSSR count). The number of unbranched alkanes of at least 4 members (excludes halogenated alkanes) is 5. The van der Waals surface area contributed by atoms with Crippen molar-refractivity contribution < 1.29 is 0 Å². The van der Waals surface area contributed by atoms with Gasteiger partial charge in [-0.3, -0.25) is 0 Å². The van der Waals surface area contributed by atoms with Crippen LogP contribution in [0.4, 0.5) is 0 Å². The fourth-order valence-electron chi connectivity index (χ4n) is 2.25. The Labute approximate surface area is 112 Å². The van der Waals surface area contributed by atoms with Gasteiger partial charge in [0, 0.05) is 18.8 Å². The van der Waals surface area contributed by atoms with Crippen LogP contribution in [-0.4, -0.2) is 17.2 Å². The molecule has 0 aliphatic carbocycles. The van der Waals surface area contributed by atoms with E-state index < -0.39 is 0 Å². The van der Waals surface area contributed by atoms with E-state index in [2.05, 4.69) is 29.3 Å². The smallest absolute Gasteiger partial charge is 0.103 e. The SMILES string of the molecule is CCCCCCC/C=C/CC1NC=CN1C(C)N. The zero-order valence-corrected chi connectivity index (χ0v) is 11.9. The molecule has 0 aromatic heterocycles. The van der Waals surface area contributed by atoms with Crippen molar-refractivity contribution in [2.24, 2.45) is 5.73 Å². The first-order valence-electron chi connectivity index (χ1n) is 7.36. The van der Waals surface area contributed by atoms with Crippen LogP contribution in [-0.2, 0) is 0 Å². The predicted molar refractivity (Wildman–Crippen MR) is 78.7 cm³/mol. The summed E-state index contributed by atoms with van der Waals surface area (Å²) in [5, 5.41) is 3.32. The molecule has 0 amide bonds. The minimum atomic E-state index is 0.0729. The maximum Gasteiger partial charge on any atom is 0.103 e. The summed E-state index contributed by atoms with van der Waals surface area (Å²) in [6, 6.07) is 0. The highest BCUT2D eigenvalue weighted by Crippen LogP contribution is 2.11. The Kier molecular flexibility index (Phi) is 7.58. The summed E-state index contributed by atoms with van der Waals surface area (Å²) >= 11 is 0. The van der Waals surface area contributed by atoms with Crippen LogP contribution in [0, 0.1) is 0 Å². The van der Waals surface area contributed by atoms with E-state index in [1.165, 1.54) is 38.5 Å². The first-order chi connectivity index (χ1) is 8.75. The Morgan fingerprint density at radius 1 is 1.28 bits per heavy atom. The minimum absolute atomic E-state index is 0.0729. The van der Waals surface area contributed by atoms with Gasteiger partial charge >= 0.3 is 0 Å². The Morgan fingerprint density at radius 3 is 2.78 bits per heavy atom. The monoisotopic (exact) mass is 251 g/mol. The molecule has 0 aromatic carbocycles. The summed E-state index contributed by atoms with van der Waals surface area (Å²) in [5.41, 5.74) is 5.90. The molecule has 3 nitrogen and oxygen atoms in total. The van der Waals surface area contributed by atoms with Crippen LogP contribution in [0.25, 0.3) is 0 Å². The second-order valence-corrected chi connectivity index (χ2v) is 5.10. The van der Waals surface area contributed by atoms with Crippen molar-refractivity contribution in [3.63, 3.8) is 0 Å². The largest absolute Gasteiger partial charge is 0.370 e. The van der Waals surface area contributed by atoms with Crippen LogP contribution in [0.5, 0.6) is 0 Å². The molecule has 0 fully saturated rings. The van der Waals surface area contributed by atoms with Crippen LogP contribution >= 0.6 is 0 Å². The van der Waals surface area contributed by atoms with Gasteiger partial charge < -0.3 is 16.0 Å². The van der Waals surface area contributed by atoms with Crippen molar-refractivity contribution >= 4 is 0 Å². The van der Waals surface area contributed by atoms with Crippen LogP contribution < -0.4 is 11.1 Å². The molecule has 0 aromatic rings. The standard InChI is InChI=1S/C15H29N3/c1-3-4-5-6-7-8-9-10-11-15-17-12-13-18(15)14(2)16/h9-10,12-15,17H,3-8,11,16H2,1-2H3/b10-9+. The van der Waals surface area contributed by atoms with Crippen LogP contribution in [0.1, 0.15) is 58.8 Å². The minimum Gasteiger partial charge on any atom is -0.370 e. The number of rotatable bonds is 9. The van der Waals surface area contributed by atoms with Gasteiger partial charge in [-0.2, -0.15) is 0 Å². The van der Waals surface area contributed by atoms with Gasteiger partial charge in [0.2, 0.25) is 0 Å². The first kappa shape index (κ1) is 15.1. The highest BCUT2D eigenvalue weighted by atomic mass is 15.3. The van der Waals surface area contributed by atoms with E-state index in [0.29, 0.717) is 6.17 Å². The lowest BCUT2D eigenvalue weighted by Crippen LogP contribution is -2.44. The van der Waals surface area contributed by atoms with Crippen molar-refractivity contribution in [2.75, 3.05) is 0 Å². The summed E-state index contributed by atoms with van der Waals surface area (Å²) in [4.78, 5) is 2.16. The number of allylic oxidation sites excluding steroid dienone is 1. The van der Waals surface area contributed by atoms with Gasteiger partial charge in [-0.25, -0.2) is 0 Å². The molecule has 0 bridgehead atoms.